The highest BCUT2D eigenvalue weighted by atomic mass is 32.1. The maximum absolute atomic E-state index is 11.3. The number of hydrogen-bond donors (Lipinski definition) is 2. The van der Waals surface area contributed by atoms with Crippen LogP contribution in [0, 0.1) is 0 Å². The molecular weight excluding hydrogens is 284 g/mol. The SMILES string of the molecule is CCNC(c1ccc2[nH]c(=O)oc2c1)c1ccc(CC)s1. The molecule has 4 nitrogen and oxygen atoms in total. The van der Waals surface area contributed by atoms with Gasteiger partial charge in [-0.05, 0) is 42.8 Å². The fourth-order valence-electron chi connectivity index (χ4n) is 2.47. The summed E-state index contributed by atoms with van der Waals surface area (Å²) in [5.41, 5.74) is 2.45. The Hall–Kier alpha value is -1.85. The Balaban J connectivity index is 2.03. The first-order chi connectivity index (χ1) is 10.2. The Bertz CT molecular complexity index is 800. The van der Waals surface area contributed by atoms with E-state index in [1.807, 2.05) is 29.5 Å². The van der Waals surface area contributed by atoms with Gasteiger partial charge in [0.2, 0.25) is 0 Å². The van der Waals surface area contributed by atoms with E-state index in [1.54, 1.807) is 0 Å². The van der Waals surface area contributed by atoms with Crippen LogP contribution in [0.25, 0.3) is 11.1 Å². The van der Waals surface area contributed by atoms with Crippen molar-refractivity contribution < 1.29 is 4.42 Å². The second kappa shape index (κ2) is 5.87. The molecule has 0 saturated heterocycles. The third-order valence-electron chi connectivity index (χ3n) is 3.50. The minimum Gasteiger partial charge on any atom is -0.408 e. The molecule has 1 aromatic carbocycles. The van der Waals surface area contributed by atoms with Gasteiger partial charge in [-0.1, -0.05) is 19.9 Å². The van der Waals surface area contributed by atoms with Gasteiger partial charge >= 0.3 is 5.76 Å². The third-order valence-corrected chi connectivity index (χ3v) is 4.80. The average Bonchev–Trinajstić information content (AvgIpc) is 3.09. The molecule has 0 saturated carbocycles. The van der Waals surface area contributed by atoms with E-state index >= 15 is 0 Å². The number of nitrogens with one attached hydrogen (secondary N) is 2. The predicted octanol–water partition coefficient (Wildman–Crippen LogP) is 3.44. The normalized spacial score (nSPS) is 12.9. The molecule has 3 aromatic rings. The van der Waals surface area contributed by atoms with Crippen LogP contribution < -0.4 is 11.1 Å². The molecule has 0 aliphatic rings. The predicted molar refractivity (Wildman–Crippen MR) is 86.1 cm³/mol. The van der Waals surface area contributed by atoms with Gasteiger partial charge in [0.05, 0.1) is 11.6 Å². The van der Waals surface area contributed by atoms with E-state index in [0.29, 0.717) is 5.58 Å². The number of rotatable bonds is 5. The van der Waals surface area contributed by atoms with Crippen molar-refractivity contribution in [2.45, 2.75) is 26.3 Å². The number of oxazole rings is 1. The number of H-pyrrole nitrogens is 1. The first kappa shape index (κ1) is 14.1. The molecule has 2 N–H and O–H groups in total. The van der Waals surface area contributed by atoms with E-state index in [4.69, 9.17) is 4.42 Å². The maximum atomic E-state index is 11.3. The maximum Gasteiger partial charge on any atom is 0.417 e. The molecule has 2 aromatic heterocycles. The molecule has 0 amide bonds. The van der Waals surface area contributed by atoms with Gasteiger partial charge in [-0.2, -0.15) is 0 Å². The second-order valence-corrected chi connectivity index (χ2v) is 6.12. The molecule has 5 heteroatoms. The highest BCUT2D eigenvalue weighted by molar-refractivity contribution is 7.12. The van der Waals surface area contributed by atoms with Crippen molar-refractivity contribution in [1.29, 1.82) is 0 Å². The van der Waals surface area contributed by atoms with Gasteiger partial charge in [-0.3, -0.25) is 4.98 Å². The lowest BCUT2D eigenvalue weighted by Crippen LogP contribution is -2.20. The molecule has 1 unspecified atom stereocenters. The fraction of sp³-hybridized carbons (Fsp3) is 0.312. The third kappa shape index (κ3) is 2.80. The van der Waals surface area contributed by atoms with Crippen molar-refractivity contribution in [3.05, 3.63) is 56.2 Å². The molecule has 1 atom stereocenters. The Morgan fingerprint density at radius 3 is 2.86 bits per heavy atom. The summed E-state index contributed by atoms with van der Waals surface area (Å²) in [5, 5.41) is 3.50. The lowest BCUT2D eigenvalue weighted by atomic mass is 10.0. The Kier molecular flexibility index (Phi) is 3.94. The summed E-state index contributed by atoms with van der Waals surface area (Å²) in [6.45, 7) is 5.13. The average molecular weight is 302 g/mol. The molecule has 3 rings (SSSR count). The minimum atomic E-state index is -0.411. The zero-order chi connectivity index (χ0) is 14.8. The van der Waals surface area contributed by atoms with Crippen molar-refractivity contribution in [1.82, 2.24) is 10.3 Å². The van der Waals surface area contributed by atoms with Crippen LogP contribution in [0.15, 0.2) is 39.5 Å². The highest BCUT2D eigenvalue weighted by Crippen LogP contribution is 2.30. The van der Waals surface area contributed by atoms with E-state index in [0.717, 1.165) is 24.0 Å². The van der Waals surface area contributed by atoms with Crippen LogP contribution >= 0.6 is 11.3 Å². The summed E-state index contributed by atoms with van der Waals surface area (Å²) in [6.07, 6.45) is 1.05. The van der Waals surface area contributed by atoms with E-state index in [-0.39, 0.29) is 6.04 Å². The molecule has 0 bridgehead atoms. The first-order valence-electron chi connectivity index (χ1n) is 7.16. The van der Waals surface area contributed by atoms with E-state index in [1.165, 1.54) is 9.75 Å². The molecule has 0 spiro atoms. The van der Waals surface area contributed by atoms with Crippen molar-refractivity contribution in [3.63, 3.8) is 0 Å². The van der Waals surface area contributed by atoms with Crippen LogP contribution in [0.3, 0.4) is 0 Å². The van der Waals surface area contributed by atoms with Crippen molar-refractivity contribution in [2.75, 3.05) is 6.54 Å². The molecule has 0 aliphatic heterocycles. The van der Waals surface area contributed by atoms with Crippen molar-refractivity contribution in [2.24, 2.45) is 0 Å². The Labute approximate surface area is 126 Å². The van der Waals surface area contributed by atoms with E-state index in [2.05, 4.69) is 36.3 Å². The number of fused-ring (bicyclic) bond motifs is 1. The van der Waals surface area contributed by atoms with Crippen LogP contribution in [-0.4, -0.2) is 11.5 Å². The van der Waals surface area contributed by atoms with Crippen LogP contribution in [0.5, 0.6) is 0 Å². The lowest BCUT2D eigenvalue weighted by Gasteiger charge is -2.16. The number of aromatic amines is 1. The Morgan fingerprint density at radius 1 is 1.29 bits per heavy atom. The van der Waals surface area contributed by atoms with Gasteiger partial charge in [-0.25, -0.2) is 4.79 Å². The van der Waals surface area contributed by atoms with Gasteiger partial charge in [0.15, 0.2) is 5.58 Å². The number of thiophene rings is 1. The molecule has 110 valence electrons. The van der Waals surface area contributed by atoms with E-state index in [9.17, 15) is 4.79 Å². The zero-order valence-electron chi connectivity index (χ0n) is 12.1. The highest BCUT2D eigenvalue weighted by Gasteiger charge is 2.16. The number of aryl methyl sites for hydroxylation is 1. The van der Waals surface area contributed by atoms with Crippen LogP contribution in [0.1, 0.15) is 35.2 Å². The van der Waals surface area contributed by atoms with E-state index < -0.39 is 5.76 Å². The minimum absolute atomic E-state index is 0.130. The summed E-state index contributed by atoms with van der Waals surface area (Å²) in [7, 11) is 0. The molecular formula is C16H18N2O2S. The number of hydrogen-bond acceptors (Lipinski definition) is 4. The fourth-order valence-corrected chi connectivity index (χ4v) is 3.52. The molecule has 0 radical (unpaired) electrons. The summed E-state index contributed by atoms with van der Waals surface area (Å²) in [4.78, 5) is 16.6. The van der Waals surface area contributed by atoms with Crippen LogP contribution in [0.2, 0.25) is 0 Å². The summed E-state index contributed by atoms with van der Waals surface area (Å²) < 4.78 is 5.16. The standard InChI is InChI=1S/C16H18N2O2S/c1-3-11-6-8-14(21-11)15(17-4-2)10-5-7-12-13(9-10)20-16(19)18-12/h5-9,15,17H,3-4H2,1-2H3,(H,18,19). The van der Waals surface area contributed by atoms with Crippen LogP contribution in [0.4, 0.5) is 0 Å². The number of aromatic nitrogens is 1. The van der Waals surface area contributed by atoms with Crippen molar-refractivity contribution >= 4 is 22.4 Å². The van der Waals surface area contributed by atoms with Gasteiger partial charge in [-0.15, -0.1) is 11.3 Å². The monoisotopic (exact) mass is 302 g/mol. The second-order valence-electron chi connectivity index (χ2n) is 4.92. The lowest BCUT2D eigenvalue weighted by molar-refractivity contribution is 0.554. The van der Waals surface area contributed by atoms with Crippen molar-refractivity contribution in [3.8, 4) is 0 Å². The molecule has 2 heterocycles. The number of benzene rings is 1. The van der Waals surface area contributed by atoms with Crippen LogP contribution in [-0.2, 0) is 6.42 Å². The largest absolute Gasteiger partial charge is 0.417 e. The van der Waals surface area contributed by atoms with Gasteiger partial charge in [0.1, 0.15) is 0 Å². The summed E-state index contributed by atoms with van der Waals surface area (Å²) in [5.74, 6) is -0.411. The zero-order valence-corrected chi connectivity index (χ0v) is 12.9. The van der Waals surface area contributed by atoms with Gasteiger partial charge in [0.25, 0.3) is 0 Å². The van der Waals surface area contributed by atoms with Gasteiger partial charge < -0.3 is 9.73 Å². The smallest absolute Gasteiger partial charge is 0.408 e. The molecule has 0 aliphatic carbocycles. The summed E-state index contributed by atoms with van der Waals surface area (Å²) >= 11 is 1.82. The quantitative estimate of drug-likeness (QED) is 0.759. The topological polar surface area (TPSA) is 58.0 Å². The molecule has 21 heavy (non-hydrogen) atoms. The first-order valence-corrected chi connectivity index (χ1v) is 7.97. The summed E-state index contributed by atoms with van der Waals surface area (Å²) in [6, 6.07) is 10.4. The van der Waals surface area contributed by atoms with Gasteiger partial charge in [0, 0.05) is 9.75 Å². The molecule has 0 fully saturated rings. The Morgan fingerprint density at radius 2 is 2.14 bits per heavy atom.